The second-order valence-corrected chi connectivity index (χ2v) is 5.89. The van der Waals surface area contributed by atoms with Gasteiger partial charge in [0.2, 0.25) is 0 Å². The predicted octanol–water partition coefficient (Wildman–Crippen LogP) is 2.50. The summed E-state index contributed by atoms with van der Waals surface area (Å²) < 4.78 is 1.93. The number of para-hydroxylation sites is 1. The van der Waals surface area contributed by atoms with Crippen LogP contribution in [-0.4, -0.2) is 33.8 Å². The third-order valence-electron chi connectivity index (χ3n) is 3.89. The van der Waals surface area contributed by atoms with Crippen LogP contribution in [0.2, 0.25) is 0 Å². The summed E-state index contributed by atoms with van der Waals surface area (Å²) >= 11 is 0. The van der Waals surface area contributed by atoms with Gasteiger partial charge in [0.15, 0.2) is 5.96 Å². The zero-order valence-corrected chi connectivity index (χ0v) is 14.7. The first-order chi connectivity index (χ1) is 12.3. The molecule has 6 heteroatoms. The van der Waals surface area contributed by atoms with Gasteiger partial charge >= 0.3 is 0 Å². The van der Waals surface area contributed by atoms with E-state index in [9.17, 15) is 0 Å². The maximum atomic E-state index is 4.71. The Balaban J connectivity index is 1.64. The summed E-state index contributed by atoms with van der Waals surface area (Å²) in [6.45, 7) is 7.11. The van der Waals surface area contributed by atoms with E-state index in [2.05, 4.69) is 33.7 Å². The van der Waals surface area contributed by atoms with E-state index in [1.54, 1.807) is 0 Å². The quantitative estimate of drug-likeness (QED) is 0.536. The number of nitrogens with one attached hydrogen (secondary N) is 2. The van der Waals surface area contributed by atoms with E-state index in [0.29, 0.717) is 6.54 Å². The highest BCUT2D eigenvalue weighted by Crippen LogP contribution is 2.16. The summed E-state index contributed by atoms with van der Waals surface area (Å²) in [5.74, 6) is 0.812. The first-order valence-electron chi connectivity index (χ1n) is 8.60. The van der Waals surface area contributed by atoms with Gasteiger partial charge in [-0.15, -0.1) is 0 Å². The van der Waals surface area contributed by atoms with Crippen LogP contribution in [0.25, 0.3) is 10.9 Å². The first-order valence-corrected chi connectivity index (χ1v) is 8.60. The van der Waals surface area contributed by atoms with E-state index in [1.165, 1.54) is 11.1 Å². The van der Waals surface area contributed by atoms with Crippen LogP contribution in [0.4, 0.5) is 0 Å². The number of guanidine groups is 1. The smallest absolute Gasteiger partial charge is 0.191 e. The third kappa shape index (κ3) is 4.56. The third-order valence-corrected chi connectivity index (χ3v) is 3.89. The molecule has 130 valence electrons. The second-order valence-electron chi connectivity index (χ2n) is 5.89. The molecule has 0 aliphatic carbocycles. The zero-order valence-electron chi connectivity index (χ0n) is 14.7. The minimum Gasteiger partial charge on any atom is -0.357 e. The van der Waals surface area contributed by atoms with E-state index >= 15 is 0 Å². The van der Waals surface area contributed by atoms with Crippen molar-refractivity contribution in [3.05, 3.63) is 60.0 Å². The standard InChI is InChI=1S/C19H24N6/c1-3-20-19(22-10-11-25-14-15(2)12-24-25)23-13-16-8-9-21-18-7-5-4-6-17(16)18/h4-9,12,14H,3,10-11,13H2,1-2H3,(H2,20,22,23). The molecule has 0 saturated carbocycles. The van der Waals surface area contributed by atoms with Gasteiger partial charge in [0.1, 0.15) is 0 Å². The Labute approximate surface area is 148 Å². The molecule has 0 radical (unpaired) electrons. The largest absolute Gasteiger partial charge is 0.357 e. The lowest BCUT2D eigenvalue weighted by atomic mass is 10.1. The number of pyridine rings is 1. The molecule has 0 bridgehead atoms. The summed E-state index contributed by atoms with van der Waals surface area (Å²) in [6, 6.07) is 10.2. The number of rotatable bonds is 6. The Morgan fingerprint density at radius 3 is 2.88 bits per heavy atom. The minimum absolute atomic E-state index is 0.610. The van der Waals surface area contributed by atoms with E-state index < -0.39 is 0 Å². The molecule has 3 rings (SSSR count). The molecule has 3 aromatic rings. The molecule has 0 spiro atoms. The van der Waals surface area contributed by atoms with Crippen LogP contribution in [0, 0.1) is 6.92 Å². The maximum Gasteiger partial charge on any atom is 0.191 e. The lowest BCUT2D eigenvalue weighted by molar-refractivity contribution is 0.597. The van der Waals surface area contributed by atoms with Crippen LogP contribution >= 0.6 is 0 Å². The highest BCUT2D eigenvalue weighted by molar-refractivity contribution is 5.83. The van der Waals surface area contributed by atoms with Crippen molar-refractivity contribution in [1.82, 2.24) is 25.4 Å². The average Bonchev–Trinajstić information content (AvgIpc) is 3.05. The van der Waals surface area contributed by atoms with Crippen LogP contribution in [0.5, 0.6) is 0 Å². The highest BCUT2D eigenvalue weighted by atomic mass is 15.3. The van der Waals surface area contributed by atoms with E-state index in [1.807, 2.05) is 54.5 Å². The SMILES string of the molecule is CCNC(=NCc1ccnc2ccccc12)NCCn1cc(C)cn1. The first kappa shape index (κ1) is 17.0. The lowest BCUT2D eigenvalue weighted by Gasteiger charge is -2.12. The molecule has 25 heavy (non-hydrogen) atoms. The van der Waals surface area contributed by atoms with Gasteiger partial charge in [-0.05, 0) is 37.1 Å². The molecule has 2 heterocycles. The Hall–Kier alpha value is -2.89. The van der Waals surface area contributed by atoms with Crippen LogP contribution in [0.3, 0.4) is 0 Å². The van der Waals surface area contributed by atoms with Gasteiger partial charge in [0.25, 0.3) is 0 Å². The number of aryl methyl sites for hydroxylation is 1. The minimum atomic E-state index is 0.610. The molecule has 0 aliphatic heterocycles. The number of fused-ring (bicyclic) bond motifs is 1. The highest BCUT2D eigenvalue weighted by Gasteiger charge is 2.02. The van der Waals surface area contributed by atoms with Gasteiger partial charge in [-0.25, -0.2) is 4.99 Å². The number of aromatic nitrogens is 3. The zero-order chi connectivity index (χ0) is 17.5. The van der Waals surface area contributed by atoms with Gasteiger partial charge < -0.3 is 10.6 Å². The van der Waals surface area contributed by atoms with Crippen molar-refractivity contribution in [1.29, 1.82) is 0 Å². The molecule has 2 N–H and O–H groups in total. The fourth-order valence-corrected chi connectivity index (χ4v) is 2.68. The van der Waals surface area contributed by atoms with Crippen molar-refractivity contribution in [3.8, 4) is 0 Å². The summed E-state index contributed by atoms with van der Waals surface area (Å²) in [4.78, 5) is 9.11. The van der Waals surface area contributed by atoms with E-state index in [-0.39, 0.29) is 0 Å². The van der Waals surface area contributed by atoms with Crippen molar-refractivity contribution in [2.75, 3.05) is 13.1 Å². The molecule has 1 aromatic carbocycles. The number of hydrogen-bond donors (Lipinski definition) is 2. The van der Waals surface area contributed by atoms with Gasteiger partial charge in [0, 0.05) is 30.9 Å². The van der Waals surface area contributed by atoms with Gasteiger partial charge in [-0.3, -0.25) is 9.67 Å². The molecule has 2 aromatic heterocycles. The molecule has 0 saturated heterocycles. The average molecular weight is 336 g/mol. The van der Waals surface area contributed by atoms with E-state index in [0.717, 1.165) is 36.5 Å². The predicted molar refractivity (Wildman–Crippen MR) is 102 cm³/mol. The molecule has 0 unspecified atom stereocenters. The number of aliphatic imine (C=N–C) groups is 1. The van der Waals surface area contributed by atoms with Gasteiger partial charge in [0.05, 0.1) is 24.8 Å². The Bertz CT molecular complexity index is 847. The molecule has 0 atom stereocenters. The van der Waals surface area contributed by atoms with Crippen molar-refractivity contribution >= 4 is 16.9 Å². The molecular weight excluding hydrogens is 312 g/mol. The molecular formula is C19H24N6. The lowest BCUT2D eigenvalue weighted by Crippen LogP contribution is -2.38. The summed E-state index contributed by atoms with van der Waals surface area (Å²) in [5.41, 5.74) is 3.35. The number of benzene rings is 1. The van der Waals surface area contributed by atoms with Crippen LogP contribution in [0.1, 0.15) is 18.1 Å². The Kier molecular flexibility index (Phi) is 5.61. The molecule has 0 aliphatic rings. The molecule has 0 amide bonds. The van der Waals surface area contributed by atoms with Gasteiger partial charge in [-0.2, -0.15) is 5.10 Å². The maximum absolute atomic E-state index is 4.71. The van der Waals surface area contributed by atoms with Crippen molar-refractivity contribution in [2.45, 2.75) is 26.9 Å². The van der Waals surface area contributed by atoms with Crippen LogP contribution < -0.4 is 10.6 Å². The monoisotopic (exact) mass is 336 g/mol. The van der Waals surface area contributed by atoms with Gasteiger partial charge in [-0.1, -0.05) is 18.2 Å². The van der Waals surface area contributed by atoms with Crippen LogP contribution in [-0.2, 0) is 13.1 Å². The molecule has 6 nitrogen and oxygen atoms in total. The van der Waals surface area contributed by atoms with E-state index in [4.69, 9.17) is 4.99 Å². The number of hydrogen-bond acceptors (Lipinski definition) is 3. The second kappa shape index (κ2) is 8.28. The Morgan fingerprint density at radius 2 is 2.08 bits per heavy atom. The normalized spacial score (nSPS) is 11.7. The van der Waals surface area contributed by atoms with Crippen molar-refractivity contribution in [2.24, 2.45) is 4.99 Å². The fraction of sp³-hybridized carbons (Fsp3) is 0.316. The fourth-order valence-electron chi connectivity index (χ4n) is 2.68. The Morgan fingerprint density at radius 1 is 1.20 bits per heavy atom. The summed E-state index contributed by atoms with van der Waals surface area (Å²) in [5, 5.41) is 12.1. The summed E-state index contributed by atoms with van der Waals surface area (Å²) in [6.07, 6.45) is 5.75. The summed E-state index contributed by atoms with van der Waals surface area (Å²) in [7, 11) is 0. The molecule has 0 fully saturated rings. The van der Waals surface area contributed by atoms with Crippen molar-refractivity contribution < 1.29 is 0 Å². The number of nitrogens with zero attached hydrogens (tertiary/aromatic N) is 4. The topological polar surface area (TPSA) is 67.1 Å². The van der Waals surface area contributed by atoms with Crippen molar-refractivity contribution in [3.63, 3.8) is 0 Å². The van der Waals surface area contributed by atoms with Crippen LogP contribution in [0.15, 0.2) is 53.9 Å².